The number of nitrogens with two attached hydrogens (primary N) is 1. The maximum Gasteiger partial charge on any atom is 0.119 e. The van der Waals surface area contributed by atoms with E-state index >= 15 is 0 Å². The van der Waals surface area contributed by atoms with Crippen molar-refractivity contribution in [2.45, 2.75) is 19.1 Å². The molecule has 2 unspecified atom stereocenters. The summed E-state index contributed by atoms with van der Waals surface area (Å²) in [6.45, 7) is 2.95. The maximum atomic E-state index is 6.02. The van der Waals surface area contributed by atoms with E-state index in [1.807, 2.05) is 61.5 Å². The third-order valence-electron chi connectivity index (χ3n) is 3.07. The normalized spacial score (nSPS) is 13.7. The summed E-state index contributed by atoms with van der Waals surface area (Å²) in [7, 11) is 0. The molecule has 0 radical (unpaired) electrons. The van der Waals surface area contributed by atoms with Crippen molar-refractivity contribution in [2.75, 3.05) is 13.2 Å². The second-order valence-corrected chi connectivity index (χ2v) is 5.78. The molecule has 0 aromatic heterocycles. The average molecular weight is 350 g/mol. The number of benzene rings is 2. The van der Waals surface area contributed by atoms with E-state index in [0.29, 0.717) is 13.2 Å². The van der Waals surface area contributed by atoms with Crippen molar-refractivity contribution in [1.82, 2.24) is 0 Å². The van der Waals surface area contributed by atoms with E-state index in [-0.39, 0.29) is 12.1 Å². The fourth-order valence-corrected chi connectivity index (χ4v) is 2.32. The summed E-state index contributed by atoms with van der Waals surface area (Å²) in [6, 6.07) is 17.7. The summed E-state index contributed by atoms with van der Waals surface area (Å²) in [4.78, 5) is 0. The Morgan fingerprint density at radius 3 is 2.29 bits per heavy atom. The summed E-state index contributed by atoms with van der Waals surface area (Å²) >= 11 is 3.43. The molecule has 0 heterocycles. The van der Waals surface area contributed by atoms with Crippen LogP contribution in [0.4, 0.5) is 0 Å². The predicted octanol–water partition coefficient (Wildman–Crippen LogP) is 3.93. The van der Waals surface area contributed by atoms with Crippen molar-refractivity contribution in [1.29, 1.82) is 0 Å². The minimum absolute atomic E-state index is 0.0806. The molecule has 0 spiro atoms. The van der Waals surface area contributed by atoms with Gasteiger partial charge in [0.1, 0.15) is 12.4 Å². The molecular formula is C17H20BrNO2. The van der Waals surface area contributed by atoms with E-state index in [9.17, 15) is 0 Å². The number of hydrogen-bond acceptors (Lipinski definition) is 3. The SMILES string of the molecule is CC(N)C(OCCOc1ccccc1)c1ccc(Br)cc1. The van der Waals surface area contributed by atoms with Crippen LogP contribution in [0.15, 0.2) is 59.1 Å². The molecule has 2 aromatic carbocycles. The molecule has 0 aliphatic heterocycles. The Labute approximate surface area is 134 Å². The van der Waals surface area contributed by atoms with Crippen molar-refractivity contribution < 1.29 is 9.47 Å². The van der Waals surface area contributed by atoms with Gasteiger partial charge < -0.3 is 15.2 Å². The maximum absolute atomic E-state index is 6.02. The van der Waals surface area contributed by atoms with E-state index in [4.69, 9.17) is 15.2 Å². The Hall–Kier alpha value is -1.36. The zero-order valence-electron chi connectivity index (χ0n) is 12.0. The molecule has 3 nitrogen and oxygen atoms in total. The standard InChI is InChI=1S/C17H20BrNO2/c1-13(19)17(14-7-9-15(18)10-8-14)21-12-11-20-16-5-3-2-4-6-16/h2-10,13,17H,11-12,19H2,1H3. The first-order valence-electron chi connectivity index (χ1n) is 6.97. The van der Waals surface area contributed by atoms with Gasteiger partial charge in [0.25, 0.3) is 0 Å². The fourth-order valence-electron chi connectivity index (χ4n) is 2.06. The average Bonchev–Trinajstić information content (AvgIpc) is 2.49. The number of ether oxygens (including phenoxy) is 2. The Morgan fingerprint density at radius 2 is 1.67 bits per heavy atom. The first-order valence-corrected chi connectivity index (χ1v) is 7.76. The van der Waals surface area contributed by atoms with E-state index in [0.717, 1.165) is 15.8 Å². The first-order chi connectivity index (χ1) is 10.2. The van der Waals surface area contributed by atoms with Gasteiger partial charge in [-0.3, -0.25) is 0 Å². The van der Waals surface area contributed by atoms with E-state index in [1.54, 1.807) is 0 Å². The van der Waals surface area contributed by atoms with Crippen LogP contribution in [0.25, 0.3) is 0 Å². The quantitative estimate of drug-likeness (QED) is 0.770. The molecule has 0 aliphatic rings. The van der Waals surface area contributed by atoms with Crippen LogP contribution in [0.1, 0.15) is 18.6 Å². The van der Waals surface area contributed by atoms with Crippen LogP contribution < -0.4 is 10.5 Å². The second-order valence-electron chi connectivity index (χ2n) is 4.86. The molecule has 0 amide bonds. The Bertz CT molecular complexity index is 528. The van der Waals surface area contributed by atoms with Gasteiger partial charge in [-0.1, -0.05) is 46.3 Å². The number of hydrogen-bond donors (Lipinski definition) is 1. The van der Waals surface area contributed by atoms with Crippen LogP contribution >= 0.6 is 15.9 Å². The molecule has 2 atom stereocenters. The minimum atomic E-state index is -0.127. The van der Waals surface area contributed by atoms with Crippen LogP contribution in [0.2, 0.25) is 0 Å². The second kappa shape index (κ2) is 8.17. The lowest BCUT2D eigenvalue weighted by molar-refractivity contribution is 0.0208. The Kier molecular flexibility index (Phi) is 6.23. The van der Waals surface area contributed by atoms with Gasteiger partial charge in [-0.05, 0) is 36.8 Å². The van der Waals surface area contributed by atoms with Crippen LogP contribution in [0.5, 0.6) is 5.75 Å². The van der Waals surface area contributed by atoms with Gasteiger partial charge in [0, 0.05) is 10.5 Å². The molecule has 0 aliphatic carbocycles. The van der Waals surface area contributed by atoms with Crippen molar-refractivity contribution >= 4 is 15.9 Å². The van der Waals surface area contributed by atoms with Crippen LogP contribution in [-0.4, -0.2) is 19.3 Å². The van der Waals surface area contributed by atoms with Crippen molar-refractivity contribution in [2.24, 2.45) is 5.73 Å². The molecule has 0 saturated carbocycles. The molecule has 2 rings (SSSR count). The highest BCUT2D eigenvalue weighted by Crippen LogP contribution is 2.22. The van der Waals surface area contributed by atoms with Gasteiger partial charge in [-0.2, -0.15) is 0 Å². The third kappa shape index (κ3) is 5.16. The summed E-state index contributed by atoms with van der Waals surface area (Å²) in [5.41, 5.74) is 7.10. The van der Waals surface area contributed by atoms with Gasteiger partial charge in [-0.25, -0.2) is 0 Å². The number of rotatable bonds is 7. The third-order valence-corrected chi connectivity index (χ3v) is 3.60. The highest BCUT2D eigenvalue weighted by atomic mass is 79.9. The fraction of sp³-hybridized carbons (Fsp3) is 0.294. The molecule has 2 N–H and O–H groups in total. The minimum Gasteiger partial charge on any atom is -0.491 e. The van der Waals surface area contributed by atoms with Crippen molar-refractivity contribution in [3.8, 4) is 5.75 Å². The Balaban J connectivity index is 1.85. The summed E-state index contributed by atoms with van der Waals surface area (Å²) < 4.78 is 12.5. The van der Waals surface area contributed by atoms with Gasteiger partial charge in [0.15, 0.2) is 0 Å². The largest absolute Gasteiger partial charge is 0.491 e. The zero-order valence-corrected chi connectivity index (χ0v) is 13.6. The smallest absolute Gasteiger partial charge is 0.119 e. The van der Waals surface area contributed by atoms with Gasteiger partial charge >= 0.3 is 0 Å². The molecule has 4 heteroatoms. The summed E-state index contributed by atoms with van der Waals surface area (Å²) in [5.74, 6) is 0.849. The Morgan fingerprint density at radius 1 is 1.00 bits per heavy atom. The summed E-state index contributed by atoms with van der Waals surface area (Å²) in [5, 5.41) is 0. The lowest BCUT2D eigenvalue weighted by Crippen LogP contribution is -2.28. The van der Waals surface area contributed by atoms with Crippen molar-refractivity contribution in [3.63, 3.8) is 0 Å². The molecule has 0 bridgehead atoms. The molecule has 21 heavy (non-hydrogen) atoms. The first kappa shape index (κ1) is 16.0. The molecule has 112 valence electrons. The van der Waals surface area contributed by atoms with Gasteiger partial charge in [0.05, 0.1) is 12.7 Å². The van der Waals surface area contributed by atoms with Gasteiger partial charge in [-0.15, -0.1) is 0 Å². The monoisotopic (exact) mass is 349 g/mol. The zero-order chi connectivity index (χ0) is 15.1. The lowest BCUT2D eigenvalue weighted by Gasteiger charge is -2.22. The predicted molar refractivity (Wildman–Crippen MR) is 88.4 cm³/mol. The lowest BCUT2D eigenvalue weighted by atomic mass is 10.0. The van der Waals surface area contributed by atoms with E-state index in [2.05, 4.69) is 15.9 Å². The molecular weight excluding hydrogens is 330 g/mol. The van der Waals surface area contributed by atoms with E-state index in [1.165, 1.54) is 0 Å². The summed E-state index contributed by atoms with van der Waals surface area (Å²) in [6.07, 6.45) is -0.127. The van der Waals surface area contributed by atoms with Crippen LogP contribution in [0.3, 0.4) is 0 Å². The number of para-hydroxylation sites is 1. The molecule has 0 fully saturated rings. The molecule has 2 aromatic rings. The number of halogens is 1. The van der Waals surface area contributed by atoms with Crippen molar-refractivity contribution in [3.05, 3.63) is 64.6 Å². The van der Waals surface area contributed by atoms with Crippen LogP contribution in [0, 0.1) is 0 Å². The topological polar surface area (TPSA) is 44.5 Å². The van der Waals surface area contributed by atoms with E-state index < -0.39 is 0 Å². The van der Waals surface area contributed by atoms with Gasteiger partial charge in [0.2, 0.25) is 0 Å². The molecule has 0 saturated heterocycles. The van der Waals surface area contributed by atoms with Crippen LogP contribution in [-0.2, 0) is 4.74 Å². The highest BCUT2D eigenvalue weighted by molar-refractivity contribution is 9.10. The highest BCUT2D eigenvalue weighted by Gasteiger charge is 2.16.